The molecule has 1 fully saturated rings. The lowest BCUT2D eigenvalue weighted by Gasteiger charge is -2.15. The Morgan fingerprint density at radius 1 is 1.62 bits per heavy atom. The molecule has 4 N–H and O–H groups in total. The van der Waals surface area contributed by atoms with E-state index in [-0.39, 0.29) is 5.91 Å². The molecule has 1 aliphatic carbocycles. The Morgan fingerprint density at radius 2 is 2.31 bits per heavy atom. The van der Waals surface area contributed by atoms with Gasteiger partial charge in [-0.3, -0.25) is 9.89 Å². The summed E-state index contributed by atoms with van der Waals surface area (Å²) >= 11 is 0. The summed E-state index contributed by atoms with van der Waals surface area (Å²) in [4.78, 5) is 11.5. The number of nitrogens with two attached hydrogens (primary N) is 1. The van der Waals surface area contributed by atoms with E-state index in [1.54, 1.807) is 0 Å². The van der Waals surface area contributed by atoms with Crippen molar-refractivity contribution < 1.29 is 4.79 Å². The average Bonchev–Trinajstić information content (AvgIpc) is 2.98. The molecule has 1 aromatic heterocycles. The smallest absolute Gasteiger partial charge is 0.239 e. The third-order valence-electron chi connectivity index (χ3n) is 3.07. The molecule has 5 nitrogen and oxygen atoms in total. The first-order valence-electron chi connectivity index (χ1n) is 5.63. The maximum absolute atomic E-state index is 11.5. The Hall–Kier alpha value is -1.36. The van der Waals surface area contributed by atoms with Gasteiger partial charge in [-0.15, -0.1) is 0 Å². The number of H-pyrrole nitrogens is 1. The van der Waals surface area contributed by atoms with Crippen molar-refractivity contribution in [2.45, 2.75) is 32.7 Å². The zero-order chi connectivity index (χ0) is 11.7. The van der Waals surface area contributed by atoms with Crippen LogP contribution in [0.1, 0.15) is 35.8 Å². The number of nitrogens with zero attached hydrogens (tertiary/aromatic N) is 1. The molecule has 1 heterocycles. The van der Waals surface area contributed by atoms with E-state index in [0.29, 0.717) is 0 Å². The fourth-order valence-electron chi connectivity index (χ4n) is 1.94. The predicted octanol–water partition coefficient (Wildman–Crippen LogP) is 0.553. The summed E-state index contributed by atoms with van der Waals surface area (Å²) in [7, 11) is 0. The van der Waals surface area contributed by atoms with Gasteiger partial charge in [0.25, 0.3) is 0 Å². The summed E-state index contributed by atoms with van der Waals surface area (Å²) in [5, 5.41) is 10.2. The quantitative estimate of drug-likeness (QED) is 0.680. The monoisotopic (exact) mass is 222 g/mol. The standard InChI is InChI=1S/C11H18N4O/c1-6-9(7(2)15-14-6)10(11(12)16)13-5-8-3-4-8/h8,10,13H,3-5H2,1-2H3,(H2,12,16)(H,14,15). The molecule has 1 atom stereocenters. The van der Waals surface area contributed by atoms with Gasteiger partial charge in [0, 0.05) is 11.3 Å². The highest BCUT2D eigenvalue weighted by Crippen LogP contribution is 2.29. The van der Waals surface area contributed by atoms with E-state index >= 15 is 0 Å². The SMILES string of the molecule is Cc1n[nH]c(C)c1C(NCC1CC1)C(N)=O. The summed E-state index contributed by atoms with van der Waals surface area (Å²) in [5.74, 6) is 0.377. The number of rotatable bonds is 5. The number of primary amides is 1. The normalized spacial score (nSPS) is 17.4. The lowest BCUT2D eigenvalue weighted by molar-refractivity contribution is -0.120. The minimum atomic E-state index is -0.417. The summed E-state index contributed by atoms with van der Waals surface area (Å²) in [6.45, 7) is 4.65. The average molecular weight is 222 g/mol. The number of nitrogens with one attached hydrogen (secondary N) is 2. The van der Waals surface area contributed by atoms with Gasteiger partial charge in [-0.2, -0.15) is 5.10 Å². The van der Waals surface area contributed by atoms with E-state index in [0.717, 1.165) is 29.4 Å². The highest BCUT2D eigenvalue weighted by Gasteiger charge is 2.27. The number of aromatic nitrogens is 2. The topological polar surface area (TPSA) is 83.8 Å². The zero-order valence-corrected chi connectivity index (χ0v) is 9.71. The number of hydrogen-bond acceptors (Lipinski definition) is 3. The summed E-state index contributed by atoms with van der Waals surface area (Å²) in [6, 6.07) is -0.417. The summed E-state index contributed by atoms with van der Waals surface area (Å²) < 4.78 is 0. The van der Waals surface area contributed by atoms with Crippen LogP contribution in [0.15, 0.2) is 0 Å². The van der Waals surface area contributed by atoms with Crippen molar-refractivity contribution in [3.63, 3.8) is 0 Å². The first-order chi connectivity index (χ1) is 7.59. The fraction of sp³-hybridized carbons (Fsp3) is 0.636. The molecule has 1 saturated carbocycles. The molecule has 16 heavy (non-hydrogen) atoms. The van der Waals surface area contributed by atoms with Crippen LogP contribution in [0.25, 0.3) is 0 Å². The van der Waals surface area contributed by atoms with Crippen molar-refractivity contribution in [2.75, 3.05) is 6.54 Å². The van der Waals surface area contributed by atoms with Crippen LogP contribution in [0.5, 0.6) is 0 Å². The molecule has 1 amide bonds. The van der Waals surface area contributed by atoms with Gasteiger partial charge in [-0.25, -0.2) is 0 Å². The van der Waals surface area contributed by atoms with Crippen molar-refractivity contribution in [3.05, 3.63) is 17.0 Å². The summed E-state index contributed by atoms with van der Waals surface area (Å²) in [5.41, 5.74) is 8.07. The molecule has 0 aromatic carbocycles. The maximum atomic E-state index is 11.5. The van der Waals surface area contributed by atoms with Gasteiger partial charge >= 0.3 is 0 Å². The minimum absolute atomic E-state index is 0.340. The number of hydrogen-bond donors (Lipinski definition) is 3. The molecular formula is C11H18N4O. The molecule has 0 aliphatic heterocycles. The van der Waals surface area contributed by atoms with Gasteiger partial charge < -0.3 is 11.1 Å². The molecule has 0 spiro atoms. The van der Waals surface area contributed by atoms with Crippen molar-refractivity contribution >= 4 is 5.91 Å². The first-order valence-corrected chi connectivity index (χ1v) is 5.63. The highest BCUT2D eigenvalue weighted by atomic mass is 16.1. The molecule has 1 aromatic rings. The Morgan fingerprint density at radius 3 is 2.75 bits per heavy atom. The molecular weight excluding hydrogens is 204 g/mol. The Bertz CT molecular complexity index is 375. The Balaban J connectivity index is 2.14. The maximum Gasteiger partial charge on any atom is 0.239 e. The van der Waals surface area contributed by atoms with Crippen molar-refractivity contribution in [1.29, 1.82) is 0 Å². The second kappa shape index (κ2) is 4.25. The lowest BCUT2D eigenvalue weighted by atomic mass is 10.0. The first kappa shape index (κ1) is 11.1. The Labute approximate surface area is 94.8 Å². The number of amides is 1. The molecule has 5 heteroatoms. The molecule has 0 saturated heterocycles. The zero-order valence-electron chi connectivity index (χ0n) is 9.71. The fourth-order valence-corrected chi connectivity index (χ4v) is 1.94. The van der Waals surface area contributed by atoms with E-state index in [4.69, 9.17) is 5.73 Å². The van der Waals surface area contributed by atoms with Crippen LogP contribution in [0.3, 0.4) is 0 Å². The van der Waals surface area contributed by atoms with Gasteiger partial charge in [0.1, 0.15) is 6.04 Å². The Kier molecular flexibility index (Phi) is 2.96. The van der Waals surface area contributed by atoms with Gasteiger partial charge in [0.05, 0.1) is 5.69 Å². The highest BCUT2D eigenvalue weighted by molar-refractivity contribution is 5.82. The van der Waals surface area contributed by atoms with Crippen molar-refractivity contribution in [2.24, 2.45) is 11.7 Å². The third-order valence-corrected chi connectivity index (χ3v) is 3.07. The number of aryl methyl sites for hydroxylation is 2. The largest absolute Gasteiger partial charge is 0.368 e. The number of aromatic amines is 1. The van der Waals surface area contributed by atoms with Gasteiger partial charge in [0.2, 0.25) is 5.91 Å². The minimum Gasteiger partial charge on any atom is -0.368 e. The van der Waals surface area contributed by atoms with Gasteiger partial charge in [0.15, 0.2) is 0 Å². The van der Waals surface area contributed by atoms with Crippen LogP contribution in [0.4, 0.5) is 0 Å². The second-order valence-corrected chi connectivity index (χ2v) is 4.53. The van der Waals surface area contributed by atoms with Crippen LogP contribution in [0, 0.1) is 19.8 Å². The van der Waals surface area contributed by atoms with Crippen LogP contribution in [-0.4, -0.2) is 22.6 Å². The molecule has 1 aliphatic rings. The van der Waals surface area contributed by atoms with Crippen LogP contribution < -0.4 is 11.1 Å². The lowest BCUT2D eigenvalue weighted by Crippen LogP contribution is -2.35. The van der Waals surface area contributed by atoms with Crippen molar-refractivity contribution in [3.8, 4) is 0 Å². The van der Waals surface area contributed by atoms with Crippen LogP contribution in [-0.2, 0) is 4.79 Å². The van der Waals surface area contributed by atoms with Gasteiger partial charge in [-0.1, -0.05) is 0 Å². The van der Waals surface area contributed by atoms with E-state index < -0.39 is 6.04 Å². The van der Waals surface area contributed by atoms with Crippen LogP contribution in [0.2, 0.25) is 0 Å². The molecule has 1 unspecified atom stereocenters. The van der Waals surface area contributed by atoms with Crippen LogP contribution >= 0.6 is 0 Å². The molecule has 88 valence electrons. The van der Waals surface area contributed by atoms with E-state index in [9.17, 15) is 4.79 Å². The van der Waals surface area contributed by atoms with E-state index in [1.165, 1.54) is 12.8 Å². The number of carbonyl (C=O) groups is 1. The van der Waals surface area contributed by atoms with E-state index in [1.807, 2.05) is 13.8 Å². The predicted molar refractivity (Wildman–Crippen MR) is 60.7 cm³/mol. The molecule has 0 bridgehead atoms. The second-order valence-electron chi connectivity index (χ2n) is 4.53. The van der Waals surface area contributed by atoms with Gasteiger partial charge in [-0.05, 0) is 39.2 Å². The summed E-state index contributed by atoms with van der Waals surface area (Å²) in [6.07, 6.45) is 2.50. The molecule has 0 radical (unpaired) electrons. The third kappa shape index (κ3) is 2.24. The van der Waals surface area contributed by atoms with Crippen molar-refractivity contribution in [1.82, 2.24) is 15.5 Å². The molecule has 2 rings (SSSR count). The van der Waals surface area contributed by atoms with E-state index in [2.05, 4.69) is 15.5 Å². The number of carbonyl (C=O) groups excluding carboxylic acids is 1.